The van der Waals surface area contributed by atoms with Crippen LogP contribution in [-0.2, 0) is 16.1 Å². The lowest BCUT2D eigenvalue weighted by atomic mass is 10.0. The molecular weight excluding hydrogens is 722 g/mol. The zero-order valence-electron chi connectivity index (χ0n) is 24.8. The van der Waals surface area contributed by atoms with Crippen LogP contribution in [0, 0.1) is 6.92 Å². The first-order chi connectivity index (χ1) is 21.5. The van der Waals surface area contributed by atoms with Gasteiger partial charge >= 0.3 is 12.3 Å². The molecule has 8 nitrogen and oxygen atoms in total. The van der Waals surface area contributed by atoms with E-state index < -0.39 is 6.36 Å². The Labute approximate surface area is 276 Å². The molecule has 13 heteroatoms. The Bertz CT molecular complexity index is 1680. The number of carbonyl (C=O) groups is 1. The second-order valence-electron chi connectivity index (χ2n) is 11.3. The van der Waals surface area contributed by atoms with E-state index in [1.807, 2.05) is 24.4 Å². The summed E-state index contributed by atoms with van der Waals surface area (Å²) in [7, 11) is 1.36. The zero-order valence-corrected chi connectivity index (χ0v) is 27.7. The van der Waals surface area contributed by atoms with Crippen molar-refractivity contribution in [1.29, 1.82) is 0 Å². The Morgan fingerprint density at radius 2 is 1.93 bits per heavy atom. The summed E-state index contributed by atoms with van der Waals surface area (Å²) in [5, 5.41) is 7.13. The number of piperidine rings is 1. The molecule has 1 aliphatic heterocycles. The second kappa shape index (κ2) is 12.9. The molecule has 2 aromatic heterocycles. The number of alkyl halides is 4. The van der Waals surface area contributed by atoms with Gasteiger partial charge in [-0.3, -0.25) is 0 Å². The van der Waals surface area contributed by atoms with Gasteiger partial charge in [-0.25, -0.2) is 9.78 Å². The van der Waals surface area contributed by atoms with E-state index in [1.165, 1.54) is 19.2 Å². The molecule has 0 radical (unpaired) electrons. The predicted molar refractivity (Wildman–Crippen MR) is 172 cm³/mol. The number of aryl methyl sites for hydroxylation is 1. The number of para-hydroxylation sites is 1. The molecule has 1 aliphatic carbocycles. The van der Waals surface area contributed by atoms with Gasteiger partial charge in [0.1, 0.15) is 17.2 Å². The van der Waals surface area contributed by atoms with Gasteiger partial charge < -0.3 is 23.6 Å². The Kier molecular flexibility index (Phi) is 9.12. The van der Waals surface area contributed by atoms with Crippen LogP contribution < -0.4 is 9.64 Å². The van der Waals surface area contributed by atoms with Crippen molar-refractivity contribution in [1.82, 2.24) is 10.1 Å². The summed E-state index contributed by atoms with van der Waals surface area (Å²) >= 11 is 4.00. The molecule has 2 aliphatic rings. The fraction of sp³-hybridized carbons (Fsp3) is 0.406. The molecule has 0 N–H and O–H groups in total. The second-order valence-corrected chi connectivity index (χ2v) is 13.6. The van der Waals surface area contributed by atoms with Gasteiger partial charge in [0.05, 0.1) is 35.1 Å². The van der Waals surface area contributed by atoms with Gasteiger partial charge in [0.25, 0.3) is 0 Å². The molecule has 1 saturated carbocycles. The van der Waals surface area contributed by atoms with Crippen molar-refractivity contribution in [2.75, 3.05) is 12.0 Å². The Morgan fingerprint density at radius 1 is 1.16 bits per heavy atom. The number of halogens is 4. The van der Waals surface area contributed by atoms with E-state index in [0.29, 0.717) is 22.6 Å². The highest BCUT2D eigenvalue weighted by Crippen LogP contribution is 2.46. The van der Waals surface area contributed by atoms with Crippen LogP contribution in [0.2, 0.25) is 0 Å². The zero-order chi connectivity index (χ0) is 31.9. The molecule has 4 aromatic rings. The highest BCUT2D eigenvalue weighted by Gasteiger charge is 2.38. The molecule has 0 unspecified atom stereocenters. The number of nitrogens with zero attached hydrogens (tertiary/aromatic N) is 3. The number of benzene rings is 2. The SMILES string of the molecule is COC(=O)c1ccc(-c2csc(N3[C@H](C)C[C@H](OCc4c(-c5ccccc5OC(F)(F)F)noc4C4CC4)C[C@@H]3I)n2)c(C)c1. The quantitative estimate of drug-likeness (QED) is 0.0727. The Balaban J connectivity index is 1.16. The number of methoxy groups -OCH3 is 1. The van der Waals surface area contributed by atoms with Crippen molar-refractivity contribution in [3.63, 3.8) is 0 Å². The van der Waals surface area contributed by atoms with Gasteiger partial charge in [0.2, 0.25) is 0 Å². The monoisotopic (exact) mass is 753 g/mol. The Morgan fingerprint density at radius 3 is 2.62 bits per heavy atom. The van der Waals surface area contributed by atoms with Crippen LogP contribution in [-0.4, -0.2) is 45.8 Å². The van der Waals surface area contributed by atoms with Gasteiger partial charge in [0.15, 0.2) is 5.13 Å². The van der Waals surface area contributed by atoms with Crippen molar-refractivity contribution in [3.05, 3.63) is 70.3 Å². The third-order valence-electron chi connectivity index (χ3n) is 8.07. The molecule has 0 bridgehead atoms. The summed E-state index contributed by atoms with van der Waals surface area (Å²) in [5.41, 5.74) is 4.45. The number of thiazole rings is 1. The lowest BCUT2D eigenvalue weighted by molar-refractivity contribution is -0.274. The molecule has 0 amide bonds. The fourth-order valence-corrected chi connectivity index (χ4v) is 8.31. The molecule has 0 spiro atoms. The molecule has 2 fully saturated rings. The maximum atomic E-state index is 13.1. The third-order valence-corrected chi connectivity index (χ3v) is 10.0. The van der Waals surface area contributed by atoms with E-state index in [9.17, 15) is 18.0 Å². The molecule has 45 heavy (non-hydrogen) atoms. The van der Waals surface area contributed by atoms with Crippen molar-refractivity contribution in [2.45, 2.75) is 74.6 Å². The maximum Gasteiger partial charge on any atom is 0.573 e. The number of aromatic nitrogens is 2. The maximum absolute atomic E-state index is 13.1. The minimum Gasteiger partial charge on any atom is -0.465 e. The number of rotatable bonds is 9. The summed E-state index contributed by atoms with van der Waals surface area (Å²) < 4.78 is 60.8. The van der Waals surface area contributed by atoms with Crippen LogP contribution >= 0.6 is 33.9 Å². The number of hydrogen-bond acceptors (Lipinski definition) is 9. The van der Waals surface area contributed by atoms with Crippen LogP contribution in [0.15, 0.2) is 52.4 Å². The summed E-state index contributed by atoms with van der Waals surface area (Å²) in [4.78, 5) is 19.2. The lowest BCUT2D eigenvalue weighted by Gasteiger charge is -2.41. The van der Waals surface area contributed by atoms with Crippen LogP contribution in [0.4, 0.5) is 18.3 Å². The predicted octanol–water partition coefficient (Wildman–Crippen LogP) is 8.67. The first-order valence-electron chi connectivity index (χ1n) is 14.5. The molecule has 3 atom stereocenters. The third kappa shape index (κ3) is 6.99. The summed E-state index contributed by atoms with van der Waals surface area (Å²) in [6, 6.07) is 11.5. The largest absolute Gasteiger partial charge is 0.573 e. The van der Waals surface area contributed by atoms with Gasteiger partial charge in [-0.05, 0) is 62.9 Å². The highest BCUT2D eigenvalue weighted by molar-refractivity contribution is 14.1. The van der Waals surface area contributed by atoms with Gasteiger partial charge in [-0.15, -0.1) is 24.5 Å². The number of ether oxygens (including phenoxy) is 3. The van der Waals surface area contributed by atoms with E-state index >= 15 is 0 Å². The van der Waals surface area contributed by atoms with Crippen LogP contribution in [0.25, 0.3) is 22.5 Å². The molecule has 238 valence electrons. The number of anilines is 1. The van der Waals surface area contributed by atoms with E-state index in [0.717, 1.165) is 47.6 Å². The first-order valence-corrected chi connectivity index (χ1v) is 16.7. The normalized spacial score (nSPS) is 20.3. The Hall–Kier alpha value is -3.17. The minimum absolute atomic E-state index is 0.0813. The van der Waals surface area contributed by atoms with Crippen molar-refractivity contribution >= 4 is 45.0 Å². The summed E-state index contributed by atoms with van der Waals surface area (Å²) in [6.07, 6.45) is -1.55. The van der Waals surface area contributed by atoms with Crippen LogP contribution in [0.3, 0.4) is 0 Å². The lowest BCUT2D eigenvalue weighted by Crippen LogP contribution is -2.47. The van der Waals surface area contributed by atoms with E-state index in [-0.39, 0.29) is 46.0 Å². The van der Waals surface area contributed by atoms with E-state index in [2.05, 4.69) is 44.3 Å². The van der Waals surface area contributed by atoms with Crippen molar-refractivity contribution in [2.24, 2.45) is 0 Å². The first kappa shape index (κ1) is 31.8. The van der Waals surface area contributed by atoms with E-state index in [4.69, 9.17) is 19.0 Å². The van der Waals surface area contributed by atoms with Gasteiger partial charge in [0, 0.05) is 40.5 Å². The van der Waals surface area contributed by atoms with E-state index in [1.54, 1.807) is 29.5 Å². The number of esters is 1. The number of carbonyl (C=O) groups excluding carboxylic acids is 1. The standard InChI is InChI=1S/C32H31F3IN3O5S/c1-17-12-20(30(40)41-3)10-11-22(17)25-16-45-31(37-25)39-18(2)13-21(14-27(39)36)42-15-24-28(38-44-29(24)19-8-9-19)23-6-4-5-7-26(23)43-32(33,34)35/h4-7,10-12,16,18-19,21,27H,8-9,13-15H2,1-3H3/t18-,21+,27-/m1/s1. The van der Waals surface area contributed by atoms with Crippen LogP contribution in [0.1, 0.15) is 65.8 Å². The van der Waals surface area contributed by atoms with Gasteiger partial charge in [-0.1, -0.05) is 45.9 Å². The average Bonchev–Trinajstić information content (AvgIpc) is 3.57. The molecule has 3 heterocycles. The molecular formula is C32H31F3IN3O5S. The summed E-state index contributed by atoms with van der Waals surface area (Å²) in [5.74, 6) is 0.166. The van der Waals surface area contributed by atoms with Gasteiger partial charge in [-0.2, -0.15) is 0 Å². The molecule has 6 rings (SSSR count). The highest BCUT2D eigenvalue weighted by atomic mass is 127. The number of hydrogen-bond donors (Lipinski definition) is 0. The minimum atomic E-state index is -4.83. The van der Waals surface area contributed by atoms with Crippen molar-refractivity contribution < 1.29 is 36.7 Å². The fourth-order valence-electron chi connectivity index (χ4n) is 5.76. The molecule has 1 saturated heterocycles. The molecule has 2 aromatic carbocycles. The average molecular weight is 754 g/mol. The topological polar surface area (TPSA) is 86.9 Å². The van der Waals surface area contributed by atoms with Crippen LogP contribution in [0.5, 0.6) is 5.75 Å². The van der Waals surface area contributed by atoms with Crippen molar-refractivity contribution in [3.8, 4) is 28.3 Å². The summed E-state index contributed by atoms with van der Waals surface area (Å²) in [6.45, 7) is 4.27. The smallest absolute Gasteiger partial charge is 0.465 e.